The van der Waals surface area contributed by atoms with Crippen molar-refractivity contribution < 1.29 is 37.0 Å². The van der Waals surface area contributed by atoms with Crippen LogP contribution in [0.4, 0.5) is 10.1 Å². The molecule has 1 aliphatic heterocycles. The van der Waals surface area contributed by atoms with Gasteiger partial charge in [0.2, 0.25) is 11.8 Å². The Kier molecular flexibility index (Phi) is 10.6. The number of hydrogen-bond acceptors (Lipinski definition) is 6. The van der Waals surface area contributed by atoms with Gasteiger partial charge >= 0.3 is 5.97 Å². The Labute approximate surface area is 302 Å². The predicted octanol–water partition coefficient (Wildman–Crippen LogP) is 7.92. The first-order valence-corrected chi connectivity index (χ1v) is 18.7. The van der Waals surface area contributed by atoms with E-state index >= 15 is 9.18 Å². The number of carbonyl (C=O) groups is 3. The molecule has 0 bridgehead atoms. The van der Waals surface area contributed by atoms with Gasteiger partial charge in [0.15, 0.2) is 9.84 Å². The van der Waals surface area contributed by atoms with Gasteiger partial charge < -0.3 is 20.1 Å². The summed E-state index contributed by atoms with van der Waals surface area (Å²) in [6, 6.07) is 14.1. The van der Waals surface area contributed by atoms with Gasteiger partial charge in [0.25, 0.3) is 0 Å². The third kappa shape index (κ3) is 7.80. The van der Waals surface area contributed by atoms with Crippen molar-refractivity contribution in [1.29, 1.82) is 0 Å². The van der Waals surface area contributed by atoms with Crippen molar-refractivity contribution in [3.05, 3.63) is 93.2 Å². The number of hydrogen-bond donors (Lipinski definition) is 2. The van der Waals surface area contributed by atoms with E-state index in [1.165, 1.54) is 37.4 Å². The number of nitrogens with one attached hydrogen (secondary N) is 1. The number of methoxy groups -OCH3 is 1. The van der Waals surface area contributed by atoms with E-state index in [0.29, 0.717) is 23.4 Å². The van der Waals surface area contributed by atoms with E-state index < -0.39 is 61.6 Å². The van der Waals surface area contributed by atoms with Gasteiger partial charge in [-0.1, -0.05) is 48.3 Å². The SMILES string of the molecule is COc1cc(NC(=O)C[C@@]2(C)C[C@H](c3cccc(Cl)c3)[C@@H](c3ccc(Cl)c(F)c3)N(C(CS(=O)(=O)C(C)(C)C)C3CC3)C2=O)ccc1C(=O)O. The fourth-order valence-electron chi connectivity index (χ4n) is 6.85. The van der Waals surface area contributed by atoms with Crippen LogP contribution in [0, 0.1) is 17.2 Å². The third-order valence-corrected chi connectivity index (χ3v) is 13.0. The van der Waals surface area contributed by atoms with E-state index in [9.17, 15) is 23.1 Å². The number of sulfone groups is 1. The molecule has 2 aliphatic rings. The van der Waals surface area contributed by atoms with Gasteiger partial charge in [0.1, 0.15) is 17.1 Å². The summed E-state index contributed by atoms with van der Waals surface area (Å²) >= 11 is 12.6. The number of nitrogens with zero attached hydrogens (tertiary/aromatic N) is 1. The Bertz CT molecular complexity index is 1930. The van der Waals surface area contributed by atoms with Crippen LogP contribution in [0.2, 0.25) is 10.0 Å². The normalized spacial score (nSPS) is 21.8. The minimum Gasteiger partial charge on any atom is -0.496 e. The molecule has 1 heterocycles. The second kappa shape index (κ2) is 14.2. The molecule has 5 rings (SSSR count). The summed E-state index contributed by atoms with van der Waals surface area (Å²) in [6.07, 6.45) is 1.29. The summed E-state index contributed by atoms with van der Waals surface area (Å²) in [4.78, 5) is 42.0. The van der Waals surface area contributed by atoms with Gasteiger partial charge in [-0.2, -0.15) is 0 Å². The van der Waals surface area contributed by atoms with Crippen molar-refractivity contribution in [2.75, 3.05) is 18.2 Å². The fourth-order valence-corrected chi connectivity index (χ4v) is 8.55. The first-order valence-electron chi connectivity index (χ1n) is 16.3. The standard InChI is InChI=1S/C37H41Cl2FN2O7S/c1-36(2,3)50(47,48)20-30(21-9-10-21)42-33(23-11-14-28(39)29(40)16-23)27(22-7-6-8-24(38)15-22)18-37(4,35(42)46)19-32(43)41-25-12-13-26(34(44)45)31(17-25)49-5/h6-8,11-17,21,27,30,33H,9-10,18-20H2,1-5H3,(H,41,43)(H,44,45)/t27-,30?,33-,37-/m1/s1. The number of amides is 2. The largest absolute Gasteiger partial charge is 0.496 e. The molecule has 1 saturated carbocycles. The van der Waals surface area contributed by atoms with Crippen LogP contribution in [-0.4, -0.2) is 59.9 Å². The number of carboxylic acid groups (broad SMARTS) is 1. The smallest absolute Gasteiger partial charge is 0.339 e. The molecule has 9 nitrogen and oxygen atoms in total. The first kappa shape index (κ1) is 37.6. The molecule has 0 spiro atoms. The minimum absolute atomic E-state index is 0.0489. The molecule has 2 N–H and O–H groups in total. The highest BCUT2D eigenvalue weighted by atomic mass is 35.5. The number of halogens is 3. The molecule has 1 unspecified atom stereocenters. The highest BCUT2D eigenvalue weighted by molar-refractivity contribution is 7.92. The van der Waals surface area contributed by atoms with Crippen LogP contribution in [0.1, 0.15) is 86.8 Å². The van der Waals surface area contributed by atoms with Gasteiger partial charge in [-0.15, -0.1) is 0 Å². The first-order chi connectivity index (χ1) is 23.3. The summed E-state index contributed by atoms with van der Waals surface area (Å²) in [5.74, 6) is -3.72. The Morgan fingerprint density at radius 3 is 2.36 bits per heavy atom. The maximum absolute atomic E-state index is 15.2. The van der Waals surface area contributed by atoms with Crippen molar-refractivity contribution >= 4 is 56.5 Å². The van der Waals surface area contributed by atoms with Gasteiger partial charge in [-0.25, -0.2) is 17.6 Å². The number of likely N-dealkylation sites (tertiary alicyclic amines) is 1. The quantitative estimate of drug-likeness (QED) is 0.204. The molecule has 13 heteroatoms. The molecule has 2 fully saturated rings. The topological polar surface area (TPSA) is 130 Å². The van der Waals surface area contributed by atoms with E-state index in [4.69, 9.17) is 27.9 Å². The number of ether oxygens (including phenoxy) is 1. The highest BCUT2D eigenvalue weighted by Crippen LogP contribution is 2.54. The maximum atomic E-state index is 15.2. The lowest BCUT2D eigenvalue weighted by molar-refractivity contribution is -0.156. The van der Waals surface area contributed by atoms with Crippen molar-refractivity contribution in [1.82, 2.24) is 4.90 Å². The highest BCUT2D eigenvalue weighted by Gasteiger charge is 2.55. The fraction of sp³-hybridized carbons (Fsp3) is 0.432. The summed E-state index contributed by atoms with van der Waals surface area (Å²) in [6.45, 7) is 6.56. The Hall–Kier alpha value is -3.67. The molecule has 3 aromatic carbocycles. The van der Waals surface area contributed by atoms with Crippen molar-refractivity contribution in [3.63, 3.8) is 0 Å². The number of carboxylic acids is 1. The average molecular weight is 748 g/mol. The molecular weight excluding hydrogens is 706 g/mol. The Morgan fingerprint density at radius 1 is 1.08 bits per heavy atom. The molecule has 1 aliphatic carbocycles. The number of rotatable bonds is 11. The van der Waals surface area contributed by atoms with Crippen LogP contribution in [0.3, 0.4) is 0 Å². The van der Waals surface area contributed by atoms with Crippen LogP contribution in [0.15, 0.2) is 60.7 Å². The van der Waals surface area contributed by atoms with Crippen molar-refractivity contribution in [2.24, 2.45) is 11.3 Å². The van der Waals surface area contributed by atoms with Crippen LogP contribution >= 0.6 is 23.2 Å². The van der Waals surface area contributed by atoms with E-state index in [1.807, 2.05) is 6.07 Å². The lowest BCUT2D eigenvalue weighted by atomic mass is 9.66. The molecule has 0 radical (unpaired) electrons. The maximum Gasteiger partial charge on any atom is 0.339 e. The average Bonchev–Trinajstić information content (AvgIpc) is 3.87. The summed E-state index contributed by atoms with van der Waals surface area (Å²) in [5, 5.41) is 12.6. The van der Waals surface area contributed by atoms with Crippen LogP contribution < -0.4 is 10.1 Å². The molecule has 3 aromatic rings. The molecule has 1 saturated heterocycles. The zero-order valence-electron chi connectivity index (χ0n) is 28.5. The number of carbonyl (C=O) groups excluding carboxylic acids is 2. The van der Waals surface area contributed by atoms with Gasteiger partial charge in [-0.3, -0.25) is 9.59 Å². The minimum atomic E-state index is -3.74. The van der Waals surface area contributed by atoms with E-state index in [1.54, 1.807) is 56.9 Å². The molecular formula is C37H41Cl2FN2O7S. The van der Waals surface area contributed by atoms with Gasteiger partial charge in [-0.05, 0) is 93.5 Å². The number of anilines is 1. The number of aromatic carboxylic acids is 1. The van der Waals surface area contributed by atoms with Crippen molar-refractivity contribution in [2.45, 2.75) is 76.1 Å². The van der Waals surface area contributed by atoms with Crippen molar-refractivity contribution in [3.8, 4) is 5.75 Å². The summed E-state index contributed by atoms with van der Waals surface area (Å²) in [7, 11) is -2.43. The summed E-state index contributed by atoms with van der Waals surface area (Å²) in [5.41, 5.74) is 0.0299. The molecule has 0 aromatic heterocycles. The van der Waals surface area contributed by atoms with Crippen LogP contribution in [0.25, 0.3) is 0 Å². The monoisotopic (exact) mass is 746 g/mol. The van der Waals surface area contributed by atoms with Gasteiger partial charge in [0.05, 0.1) is 34.1 Å². The molecule has 4 atom stereocenters. The zero-order valence-corrected chi connectivity index (χ0v) is 30.8. The third-order valence-electron chi connectivity index (χ3n) is 9.78. The van der Waals surface area contributed by atoms with Crippen LogP contribution in [0.5, 0.6) is 5.75 Å². The van der Waals surface area contributed by atoms with E-state index in [-0.39, 0.29) is 46.5 Å². The second-order valence-corrected chi connectivity index (χ2v) is 18.1. The van der Waals surface area contributed by atoms with Crippen LogP contribution in [-0.2, 0) is 19.4 Å². The molecule has 50 heavy (non-hydrogen) atoms. The zero-order chi connectivity index (χ0) is 36.8. The lowest BCUT2D eigenvalue weighted by Gasteiger charge is -2.52. The Morgan fingerprint density at radius 2 is 1.78 bits per heavy atom. The molecule has 2 amide bonds. The Balaban J connectivity index is 1.63. The van der Waals surface area contributed by atoms with Gasteiger partial charge in [0, 0.05) is 35.2 Å². The number of benzene rings is 3. The lowest BCUT2D eigenvalue weighted by Crippen LogP contribution is -2.59. The summed E-state index contributed by atoms with van der Waals surface area (Å²) < 4.78 is 46.9. The van der Waals surface area contributed by atoms with E-state index in [2.05, 4.69) is 5.32 Å². The van der Waals surface area contributed by atoms with E-state index in [0.717, 1.165) is 5.56 Å². The number of piperidine rings is 1. The predicted molar refractivity (Wildman–Crippen MR) is 191 cm³/mol. The molecule has 268 valence electrons. The second-order valence-electron chi connectivity index (χ2n) is 14.5.